The molecule has 5 rings (SSSR count). The summed E-state index contributed by atoms with van der Waals surface area (Å²) in [6.45, 7) is 1.55. The molecule has 0 aliphatic rings. The Morgan fingerprint density at radius 1 is 1.07 bits per heavy atom. The number of aromatic nitrogens is 6. The minimum absolute atomic E-state index is 0.0238. The SMILES string of the molecule is COS(=O)(=O)CN(C(=O)c1cccc(C#Cc2cnc3ccnn3c2)c1)c1cc(-n2cnc(C)n2)cc(C(F)(F)F)c1. The molecule has 0 saturated carbocycles. The summed E-state index contributed by atoms with van der Waals surface area (Å²) < 4.78 is 73.7. The molecule has 5 aromatic rings. The molecular formula is C27H20F3N7O4S. The van der Waals surface area contributed by atoms with Gasteiger partial charge in [0.25, 0.3) is 16.0 Å². The van der Waals surface area contributed by atoms with Crippen molar-refractivity contribution in [3.8, 4) is 17.5 Å². The Bertz CT molecular complexity index is 1970. The van der Waals surface area contributed by atoms with Crippen LogP contribution in [-0.4, -0.2) is 56.7 Å². The van der Waals surface area contributed by atoms with Crippen molar-refractivity contribution in [2.24, 2.45) is 0 Å². The Morgan fingerprint density at radius 2 is 1.86 bits per heavy atom. The molecule has 42 heavy (non-hydrogen) atoms. The molecule has 11 nitrogen and oxygen atoms in total. The standard InChI is InChI=1S/C27H20F3N7O4S/c1-18-32-16-37(34-18)24-12-22(27(28,29)30)11-23(13-24)35(17-42(39,40)41-2)26(38)21-5-3-4-19(10-21)6-7-20-14-31-25-8-9-33-36(25)15-20/h3-5,8-16H,17H2,1-2H3. The van der Waals surface area contributed by atoms with Gasteiger partial charge in [0.2, 0.25) is 0 Å². The topological polar surface area (TPSA) is 125 Å². The van der Waals surface area contributed by atoms with Gasteiger partial charge in [-0.3, -0.25) is 13.9 Å². The summed E-state index contributed by atoms with van der Waals surface area (Å²) in [6.07, 6.45) is 1.19. The molecule has 15 heteroatoms. The number of carbonyl (C=O) groups excluding carboxylic acids is 1. The predicted octanol–water partition coefficient (Wildman–Crippen LogP) is 3.62. The molecule has 0 atom stereocenters. The quantitative estimate of drug-likeness (QED) is 0.215. The average Bonchev–Trinajstić information content (AvgIpc) is 3.62. The second-order valence-corrected chi connectivity index (χ2v) is 10.6. The molecule has 2 aromatic carbocycles. The van der Waals surface area contributed by atoms with E-state index in [4.69, 9.17) is 0 Å². The van der Waals surface area contributed by atoms with Crippen LogP contribution >= 0.6 is 0 Å². The number of aryl methyl sites for hydroxylation is 1. The lowest BCUT2D eigenvalue weighted by atomic mass is 10.1. The zero-order valence-corrected chi connectivity index (χ0v) is 22.8. The predicted molar refractivity (Wildman–Crippen MR) is 144 cm³/mol. The van der Waals surface area contributed by atoms with Gasteiger partial charge in [-0.15, -0.1) is 0 Å². The molecule has 3 aromatic heterocycles. The minimum atomic E-state index is -4.82. The van der Waals surface area contributed by atoms with Crippen LogP contribution in [0.15, 0.2) is 73.4 Å². The fourth-order valence-electron chi connectivity index (χ4n) is 3.88. The van der Waals surface area contributed by atoms with Gasteiger partial charge in [-0.05, 0) is 43.3 Å². The number of amides is 1. The third-order valence-corrected chi connectivity index (χ3v) is 6.99. The maximum absolute atomic E-state index is 13.9. The minimum Gasteiger partial charge on any atom is -0.291 e. The Kier molecular flexibility index (Phi) is 7.50. The highest BCUT2D eigenvalue weighted by Crippen LogP contribution is 2.34. The molecule has 0 fully saturated rings. The van der Waals surface area contributed by atoms with Crippen LogP contribution in [0.4, 0.5) is 18.9 Å². The summed E-state index contributed by atoms with van der Waals surface area (Å²) in [5.74, 6) is 4.14. The van der Waals surface area contributed by atoms with E-state index < -0.39 is 33.6 Å². The van der Waals surface area contributed by atoms with Crippen molar-refractivity contribution in [1.82, 2.24) is 29.4 Å². The molecule has 1 amide bonds. The van der Waals surface area contributed by atoms with Crippen molar-refractivity contribution in [2.45, 2.75) is 13.1 Å². The molecule has 0 aliphatic heterocycles. The van der Waals surface area contributed by atoms with Crippen molar-refractivity contribution >= 4 is 27.4 Å². The van der Waals surface area contributed by atoms with E-state index in [0.29, 0.717) is 33.6 Å². The average molecular weight is 596 g/mol. The second-order valence-electron chi connectivity index (χ2n) is 8.87. The van der Waals surface area contributed by atoms with Gasteiger partial charge in [-0.2, -0.15) is 31.8 Å². The van der Waals surface area contributed by atoms with E-state index in [1.807, 2.05) is 0 Å². The first-order chi connectivity index (χ1) is 19.9. The summed E-state index contributed by atoms with van der Waals surface area (Å²) in [4.78, 5) is 22.6. The van der Waals surface area contributed by atoms with Gasteiger partial charge in [0.1, 0.15) is 12.2 Å². The maximum atomic E-state index is 13.9. The molecule has 214 valence electrons. The van der Waals surface area contributed by atoms with Crippen molar-refractivity contribution < 1.29 is 30.6 Å². The van der Waals surface area contributed by atoms with Crippen LogP contribution in [0.2, 0.25) is 0 Å². The highest BCUT2D eigenvalue weighted by molar-refractivity contribution is 7.86. The van der Waals surface area contributed by atoms with Crippen LogP contribution in [0.5, 0.6) is 0 Å². The van der Waals surface area contributed by atoms with Gasteiger partial charge in [-0.25, -0.2) is 19.2 Å². The summed E-state index contributed by atoms with van der Waals surface area (Å²) in [5, 5.41) is 8.14. The van der Waals surface area contributed by atoms with E-state index in [1.54, 1.807) is 42.2 Å². The van der Waals surface area contributed by atoms with E-state index in [0.717, 1.165) is 17.9 Å². The number of halogens is 3. The van der Waals surface area contributed by atoms with Crippen molar-refractivity contribution in [2.75, 3.05) is 17.9 Å². The lowest BCUT2D eigenvalue weighted by molar-refractivity contribution is -0.137. The van der Waals surface area contributed by atoms with Gasteiger partial charge < -0.3 is 0 Å². The summed E-state index contributed by atoms with van der Waals surface area (Å²) in [5.41, 5.74) is -0.0307. The van der Waals surface area contributed by atoms with E-state index in [1.165, 1.54) is 30.6 Å². The summed E-state index contributed by atoms with van der Waals surface area (Å²) >= 11 is 0. The number of hydrogen-bond donors (Lipinski definition) is 0. The molecule has 0 unspecified atom stereocenters. The van der Waals surface area contributed by atoms with Crippen molar-refractivity contribution in [3.05, 3.63) is 102 Å². The van der Waals surface area contributed by atoms with E-state index in [2.05, 4.69) is 36.2 Å². The van der Waals surface area contributed by atoms with Gasteiger partial charge in [0.05, 0.1) is 30.1 Å². The molecule has 0 bridgehead atoms. The number of alkyl halides is 3. The number of anilines is 1. The van der Waals surface area contributed by atoms with Gasteiger partial charge in [0, 0.05) is 35.3 Å². The van der Waals surface area contributed by atoms with Crippen LogP contribution in [0.1, 0.15) is 32.9 Å². The highest BCUT2D eigenvalue weighted by Gasteiger charge is 2.33. The van der Waals surface area contributed by atoms with E-state index in [-0.39, 0.29) is 16.9 Å². The molecule has 0 N–H and O–H groups in total. The number of nitrogens with zero attached hydrogens (tertiary/aromatic N) is 7. The Hall–Kier alpha value is -5.07. The molecule has 0 aliphatic carbocycles. The first-order valence-electron chi connectivity index (χ1n) is 12.0. The highest BCUT2D eigenvalue weighted by atomic mass is 32.2. The first kappa shape index (κ1) is 28.5. The first-order valence-corrected chi connectivity index (χ1v) is 13.6. The number of carbonyl (C=O) groups is 1. The monoisotopic (exact) mass is 595 g/mol. The van der Waals surface area contributed by atoms with Gasteiger partial charge >= 0.3 is 6.18 Å². The Balaban J connectivity index is 1.56. The maximum Gasteiger partial charge on any atom is 0.416 e. The van der Waals surface area contributed by atoms with Crippen LogP contribution in [0.3, 0.4) is 0 Å². The van der Waals surface area contributed by atoms with Crippen LogP contribution in [0.25, 0.3) is 11.3 Å². The number of rotatable bonds is 6. The lowest BCUT2D eigenvalue weighted by Gasteiger charge is -2.24. The second kappa shape index (κ2) is 11.1. The van der Waals surface area contributed by atoms with Crippen LogP contribution in [-0.2, 0) is 20.5 Å². The fraction of sp³-hybridized carbons (Fsp3) is 0.148. The third-order valence-electron chi connectivity index (χ3n) is 5.91. The molecular weight excluding hydrogens is 575 g/mol. The summed E-state index contributed by atoms with van der Waals surface area (Å²) in [6, 6.07) is 10.4. The molecule has 0 spiro atoms. The normalized spacial score (nSPS) is 11.7. The third kappa shape index (κ3) is 6.29. The number of fused-ring (bicyclic) bond motifs is 1. The number of benzene rings is 2. The van der Waals surface area contributed by atoms with Gasteiger partial charge in [-0.1, -0.05) is 17.9 Å². The summed E-state index contributed by atoms with van der Waals surface area (Å²) in [7, 11) is -3.48. The fourth-order valence-corrected chi connectivity index (χ4v) is 4.57. The molecule has 0 saturated heterocycles. The largest absolute Gasteiger partial charge is 0.416 e. The van der Waals surface area contributed by atoms with Crippen molar-refractivity contribution in [3.63, 3.8) is 0 Å². The van der Waals surface area contributed by atoms with Crippen molar-refractivity contribution in [1.29, 1.82) is 0 Å². The van der Waals surface area contributed by atoms with E-state index in [9.17, 15) is 26.4 Å². The van der Waals surface area contributed by atoms with Gasteiger partial charge in [0.15, 0.2) is 11.5 Å². The zero-order chi connectivity index (χ0) is 30.1. The van der Waals surface area contributed by atoms with Crippen LogP contribution in [0, 0.1) is 18.8 Å². The lowest BCUT2D eigenvalue weighted by Crippen LogP contribution is -2.36. The Labute approximate surface area is 237 Å². The number of hydrogen-bond acceptors (Lipinski definition) is 8. The zero-order valence-electron chi connectivity index (χ0n) is 21.9. The molecule has 0 radical (unpaired) electrons. The van der Waals surface area contributed by atoms with E-state index >= 15 is 0 Å². The Morgan fingerprint density at radius 3 is 2.57 bits per heavy atom. The smallest absolute Gasteiger partial charge is 0.291 e. The van der Waals surface area contributed by atoms with Crippen LogP contribution < -0.4 is 4.90 Å². The molecule has 3 heterocycles.